The van der Waals surface area contributed by atoms with Crippen molar-refractivity contribution in [3.8, 4) is 28.7 Å². The first-order valence-corrected chi connectivity index (χ1v) is 16.2. The summed E-state index contributed by atoms with van der Waals surface area (Å²) in [5.41, 5.74) is 3.48. The number of hydrogen-bond donors (Lipinski definition) is 2. The molecule has 0 bridgehead atoms. The van der Waals surface area contributed by atoms with Crippen molar-refractivity contribution in [3.05, 3.63) is 53.6 Å². The van der Waals surface area contributed by atoms with Gasteiger partial charge in [0, 0.05) is 30.3 Å². The van der Waals surface area contributed by atoms with E-state index < -0.39 is 23.3 Å². The smallest absolute Gasteiger partial charge is 0.280 e. The van der Waals surface area contributed by atoms with Gasteiger partial charge in [-0.15, -0.1) is 0 Å². The molecule has 0 spiro atoms. The first kappa shape index (κ1) is 38.6. The molecule has 1 aliphatic heterocycles. The number of ether oxygens (including phenoxy) is 1. The number of aliphatic imine (C=N–C) groups is 1. The number of carbonyl (C=O) groups excluding carboxylic acids is 1. The van der Waals surface area contributed by atoms with Gasteiger partial charge in [-0.25, -0.2) is 8.78 Å². The van der Waals surface area contributed by atoms with E-state index in [2.05, 4.69) is 56.5 Å². The zero-order valence-corrected chi connectivity index (χ0v) is 28.2. The summed E-state index contributed by atoms with van der Waals surface area (Å²) < 4.78 is 33.0. The van der Waals surface area contributed by atoms with Crippen molar-refractivity contribution in [3.63, 3.8) is 0 Å². The van der Waals surface area contributed by atoms with Crippen LogP contribution >= 0.6 is 11.8 Å². The molecule has 2 aromatic rings. The van der Waals surface area contributed by atoms with Gasteiger partial charge < -0.3 is 4.74 Å². The maximum Gasteiger partial charge on any atom is 0.280 e. The van der Waals surface area contributed by atoms with Crippen LogP contribution in [0, 0.1) is 23.7 Å². The lowest BCUT2D eigenvalue weighted by atomic mass is 9.52. The molecule has 1 amide bonds. The Bertz CT molecular complexity index is 1480. The number of carbonyl (C=O) groups is 1. The van der Waals surface area contributed by atoms with E-state index in [4.69, 9.17) is 28.3 Å². The standard InChI is InChI=1S/C28H27B3F2N6O2S.2C2H6/c1-4-15(2)5-9-20(34-3)21-11-17(18-12-22(25(32)33)36-14-23(18)41-28(29,30)31)19(13-35-21)26(40)37-27-39-38-24(42-27)10-8-16-6-7-16;2*1-2/h5,9,11-16,24-25,38H,4,6-7H2,1-3H3,(H,37,39,40);2*1-2H3/b9-5-,34-20?;;. The van der Waals surface area contributed by atoms with E-state index in [1.165, 1.54) is 18.0 Å². The summed E-state index contributed by atoms with van der Waals surface area (Å²) in [5.74, 6) is 6.23. The lowest BCUT2D eigenvalue weighted by Crippen LogP contribution is -2.37. The highest BCUT2D eigenvalue weighted by Crippen LogP contribution is 2.36. The van der Waals surface area contributed by atoms with Crippen molar-refractivity contribution in [2.75, 3.05) is 7.05 Å². The molecule has 14 heteroatoms. The molecule has 238 valence electrons. The van der Waals surface area contributed by atoms with Gasteiger partial charge in [0.25, 0.3) is 12.3 Å². The normalized spacial score (nSPS) is 16.5. The molecule has 0 aromatic carbocycles. The molecule has 3 heterocycles. The number of pyridine rings is 2. The van der Waals surface area contributed by atoms with E-state index >= 15 is 0 Å². The van der Waals surface area contributed by atoms with Crippen molar-refractivity contribution in [2.45, 2.75) is 77.9 Å². The van der Waals surface area contributed by atoms with Crippen LogP contribution in [0.5, 0.6) is 5.75 Å². The molecule has 0 saturated heterocycles. The minimum atomic E-state index is -2.91. The highest BCUT2D eigenvalue weighted by molar-refractivity contribution is 8.14. The molecule has 2 unspecified atom stereocenters. The van der Waals surface area contributed by atoms with Crippen molar-refractivity contribution in [1.82, 2.24) is 20.7 Å². The molecule has 6 radical (unpaired) electrons. The zero-order chi connectivity index (χ0) is 34.4. The Kier molecular flexibility index (Phi) is 15.6. The summed E-state index contributed by atoms with van der Waals surface area (Å²) >= 11 is 1.25. The maximum absolute atomic E-state index is 13.8. The van der Waals surface area contributed by atoms with Crippen molar-refractivity contribution >= 4 is 52.1 Å². The molecule has 8 nitrogen and oxygen atoms in total. The van der Waals surface area contributed by atoms with Gasteiger partial charge in [0.15, 0.2) is 10.5 Å². The average molecular weight is 642 g/mol. The molecule has 2 aromatic heterocycles. The van der Waals surface area contributed by atoms with Gasteiger partial charge in [-0.1, -0.05) is 65.9 Å². The Balaban J connectivity index is 0.00000177. The van der Waals surface area contributed by atoms with Crippen LogP contribution in [0.15, 0.2) is 46.8 Å². The van der Waals surface area contributed by atoms with Crippen LogP contribution in [0.4, 0.5) is 8.78 Å². The third-order valence-electron chi connectivity index (χ3n) is 6.30. The summed E-state index contributed by atoms with van der Waals surface area (Å²) in [6, 6.07) is 2.64. The Labute approximate surface area is 279 Å². The van der Waals surface area contributed by atoms with Gasteiger partial charge in [0.05, 0.1) is 23.2 Å². The lowest BCUT2D eigenvalue weighted by Gasteiger charge is -2.25. The number of rotatable bonds is 9. The molecular formula is C32H39B3F2N6O2S. The molecule has 1 fully saturated rings. The summed E-state index contributed by atoms with van der Waals surface area (Å²) in [6.45, 7) is 12.1. The molecule has 2 atom stereocenters. The monoisotopic (exact) mass is 642 g/mol. The molecule has 1 saturated carbocycles. The maximum atomic E-state index is 13.8. The van der Waals surface area contributed by atoms with Crippen LogP contribution in [-0.2, 0) is 0 Å². The average Bonchev–Trinajstić information content (AvgIpc) is 3.78. The first-order valence-electron chi connectivity index (χ1n) is 15.3. The third-order valence-corrected chi connectivity index (χ3v) is 7.17. The minimum absolute atomic E-state index is 0.0313. The number of aromatic nitrogens is 2. The molecule has 2 N–H and O–H groups in total. The molecule has 46 heavy (non-hydrogen) atoms. The summed E-state index contributed by atoms with van der Waals surface area (Å²) in [4.78, 5) is 26.1. The number of amidine groups is 1. The summed E-state index contributed by atoms with van der Waals surface area (Å²) in [5, 5.41) is 4.72. The van der Waals surface area contributed by atoms with Crippen LogP contribution in [0.1, 0.15) is 89.0 Å². The number of nitrogens with one attached hydrogen (secondary N) is 2. The van der Waals surface area contributed by atoms with E-state index in [0.29, 0.717) is 22.5 Å². The fraction of sp³-hybridized carbons (Fsp3) is 0.469. The fourth-order valence-corrected chi connectivity index (χ4v) is 4.42. The number of alkyl halides is 2. The van der Waals surface area contributed by atoms with E-state index in [9.17, 15) is 13.6 Å². The number of halogens is 2. The van der Waals surface area contributed by atoms with Crippen LogP contribution in [0.2, 0.25) is 0 Å². The van der Waals surface area contributed by atoms with Gasteiger partial charge in [-0.05, 0) is 54.0 Å². The molecule has 2 aliphatic rings. The fourth-order valence-electron chi connectivity index (χ4n) is 3.71. The second kappa shape index (κ2) is 18.5. The minimum Gasteiger partial charge on any atom is -0.514 e. The number of thioether (sulfide) groups is 1. The predicted octanol–water partition coefficient (Wildman–Crippen LogP) is 5.73. The lowest BCUT2D eigenvalue weighted by molar-refractivity contribution is 0.0978. The zero-order valence-electron chi connectivity index (χ0n) is 27.4. The highest BCUT2D eigenvalue weighted by atomic mass is 32.2. The highest BCUT2D eigenvalue weighted by Gasteiger charge is 2.26. The largest absolute Gasteiger partial charge is 0.514 e. The second-order valence-corrected chi connectivity index (χ2v) is 11.0. The SMILES string of the molecule is CC.CC.[B]C([B])([B])Oc1cnc(C(F)F)cc1-c1cc(C(/C=C\C(C)CC)=NC)ncc1C(=O)NC1=NNC(C#CC2CC2)S1. The Morgan fingerprint density at radius 1 is 1.17 bits per heavy atom. The van der Waals surface area contributed by atoms with Crippen molar-refractivity contribution in [1.29, 1.82) is 0 Å². The summed E-state index contributed by atoms with van der Waals surface area (Å²) in [6.07, 6.45) is 6.34. The van der Waals surface area contributed by atoms with E-state index in [1.807, 2.05) is 39.8 Å². The number of allylic oxidation sites excluding steroid dienone is 2. The van der Waals surface area contributed by atoms with Crippen LogP contribution in [0.25, 0.3) is 11.1 Å². The molecule has 1 aliphatic carbocycles. The summed E-state index contributed by atoms with van der Waals surface area (Å²) in [7, 11) is 18.6. The molecule has 4 rings (SSSR count). The van der Waals surface area contributed by atoms with Crippen molar-refractivity contribution in [2.24, 2.45) is 21.9 Å². The number of amides is 1. The van der Waals surface area contributed by atoms with Gasteiger partial charge in [0.1, 0.15) is 35.0 Å². The Hall–Kier alpha value is -3.59. The predicted molar refractivity (Wildman–Crippen MR) is 187 cm³/mol. The topological polar surface area (TPSA) is 101 Å². The van der Waals surface area contributed by atoms with Gasteiger partial charge in [-0.2, -0.15) is 5.10 Å². The number of nitrogens with zero attached hydrogens (tertiary/aromatic N) is 4. The Morgan fingerprint density at radius 3 is 2.46 bits per heavy atom. The van der Waals surface area contributed by atoms with Gasteiger partial charge in [0.2, 0.25) is 0 Å². The first-order chi connectivity index (χ1) is 22.0. The molecular weight excluding hydrogens is 603 g/mol. The van der Waals surface area contributed by atoms with Crippen LogP contribution < -0.4 is 15.5 Å². The van der Waals surface area contributed by atoms with Crippen molar-refractivity contribution < 1.29 is 18.3 Å². The van der Waals surface area contributed by atoms with Gasteiger partial charge in [-0.3, -0.25) is 30.5 Å². The number of hydrazone groups is 1. The second-order valence-electron chi connectivity index (χ2n) is 9.89. The quantitative estimate of drug-likeness (QED) is 0.206. The van der Waals surface area contributed by atoms with E-state index in [1.54, 1.807) is 13.1 Å². The van der Waals surface area contributed by atoms with E-state index in [-0.39, 0.29) is 33.7 Å². The third kappa shape index (κ3) is 11.6. The Morgan fingerprint density at radius 2 is 1.87 bits per heavy atom. The number of hydrogen-bond acceptors (Lipinski definition) is 8. The van der Waals surface area contributed by atoms with E-state index in [0.717, 1.165) is 31.5 Å². The van der Waals surface area contributed by atoms with Gasteiger partial charge >= 0.3 is 0 Å². The van der Waals surface area contributed by atoms with Crippen LogP contribution in [-0.4, -0.2) is 68.0 Å². The van der Waals surface area contributed by atoms with Crippen LogP contribution in [0.3, 0.4) is 0 Å².